The van der Waals surface area contributed by atoms with Crippen molar-refractivity contribution in [3.05, 3.63) is 29.6 Å². The number of rotatable bonds is 6. The van der Waals surface area contributed by atoms with Gasteiger partial charge in [-0.1, -0.05) is 26.7 Å². The first-order valence-corrected chi connectivity index (χ1v) is 6.58. The van der Waals surface area contributed by atoms with Crippen molar-refractivity contribution in [2.75, 3.05) is 7.05 Å². The lowest BCUT2D eigenvalue weighted by Crippen LogP contribution is -2.20. The van der Waals surface area contributed by atoms with Crippen molar-refractivity contribution in [1.82, 2.24) is 10.3 Å². The number of aromatic nitrogens is 1. The molecule has 0 bridgehead atoms. The molecule has 1 rings (SSSR count). The molecule has 0 radical (unpaired) electrons. The fourth-order valence-corrected chi connectivity index (χ4v) is 2.18. The number of pyridine rings is 1. The Labute approximate surface area is 112 Å². The van der Waals surface area contributed by atoms with Gasteiger partial charge in [0, 0.05) is 12.2 Å². The van der Waals surface area contributed by atoms with Gasteiger partial charge in [0.2, 0.25) is 0 Å². The Morgan fingerprint density at radius 1 is 1.32 bits per heavy atom. The van der Waals surface area contributed by atoms with Crippen LogP contribution in [0.3, 0.4) is 0 Å². The zero-order valence-corrected chi connectivity index (χ0v) is 11.6. The topological polar surface area (TPSA) is 24.9 Å². The predicted molar refractivity (Wildman–Crippen MR) is 69.7 cm³/mol. The maximum absolute atomic E-state index is 12.5. The Bertz CT molecular complexity index is 373. The van der Waals surface area contributed by atoms with Crippen LogP contribution in [0.4, 0.5) is 13.2 Å². The quantitative estimate of drug-likeness (QED) is 0.841. The van der Waals surface area contributed by atoms with Crippen LogP contribution in [0, 0.1) is 5.92 Å². The Hall–Kier alpha value is -1.10. The van der Waals surface area contributed by atoms with Gasteiger partial charge in [0.1, 0.15) is 0 Å². The molecule has 0 aliphatic carbocycles. The second kappa shape index (κ2) is 6.89. The maximum Gasteiger partial charge on any atom is 0.417 e. The van der Waals surface area contributed by atoms with Crippen LogP contribution in [0.1, 0.15) is 50.4 Å². The third kappa shape index (κ3) is 4.82. The molecule has 2 atom stereocenters. The summed E-state index contributed by atoms with van der Waals surface area (Å²) in [6.45, 7) is 4.28. The molecular weight excluding hydrogens is 253 g/mol. The van der Waals surface area contributed by atoms with Gasteiger partial charge in [0.25, 0.3) is 0 Å². The van der Waals surface area contributed by atoms with Crippen molar-refractivity contribution >= 4 is 0 Å². The number of halogens is 3. The lowest BCUT2D eigenvalue weighted by Gasteiger charge is -2.20. The van der Waals surface area contributed by atoms with Crippen molar-refractivity contribution in [3.8, 4) is 0 Å². The standard InChI is InChI=1S/C14H21F3N2/c1-4-5-10(2)8-13(18-3)12-7-6-11(9-19-12)14(15,16)17/h6-7,9-10,13,18H,4-5,8H2,1-3H3. The summed E-state index contributed by atoms with van der Waals surface area (Å²) in [6, 6.07) is 2.56. The van der Waals surface area contributed by atoms with E-state index in [9.17, 15) is 13.2 Å². The van der Waals surface area contributed by atoms with E-state index in [1.807, 2.05) is 7.05 Å². The molecule has 0 saturated heterocycles. The largest absolute Gasteiger partial charge is 0.417 e. The van der Waals surface area contributed by atoms with E-state index in [2.05, 4.69) is 24.1 Å². The smallest absolute Gasteiger partial charge is 0.312 e. The Kier molecular flexibility index (Phi) is 5.79. The molecule has 0 aromatic carbocycles. The van der Waals surface area contributed by atoms with E-state index < -0.39 is 11.7 Å². The lowest BCUT2D eigenvalue weighted by atomic mass is 9.95. The molecule has 1 N–H and O–H groups in total. The van der Waals surface area contributed by atoms with Gasteiger partial charge in [-0.25, -0.2) is 0 Å². The molecule has 0 aliphatic rings. The van der Waals surface area contributed by atoms with Crippen LogP contribution in [-0.4, -0.2) is 12.0 Å². The molecule has 0 amide bonds. The van der Waals surface area contributed by atoms with E-state index in [1.54, 1.807) is 0 Å². The molecule has 0 aliphatic heterocycles. The van der Waals surface area contributed by atoms with Gasteiger partial charge in [-0.15, -0.1) is 0 Å². The molecular formula is C14H21F3N2. The molecule has 5 heteroatoms. The summed E-state index contributed by atoms with van der Waals surface area (Å²) < 4.78 is 37.4. The minimum absolute atomic E-state index is 0.00355. The highest BCUT2D eigenvalue weighted by Crippen LogP contribution is 2.29. The first kappa shape index (κ1) is 16.0. The van der Waals surface area contributed by atoms with Gasteiger partial charge in [0.15, 0.2) is 0 Å². The number of alkyl halides is 3. The van der Waals surface area contributed by atoms with Gasteiger partial charge in [-0.3, -0.25) is 4.98 Å². The van der Waals surface area contributed by atoms with Crippen molar-refractivity contribution in [3.63, 3.8) is 0 Å². The fraction of sp³-hybridized carbons (Fsp3) is 0.643. The van der Waals surface area contributed by atoms with Crippen molar-refractivity contribution in [2.24, 2.45) is 5.92 Å². The molecule has 108 valence electrons. The minimum Gasteiger partial charge on any atom is -0.312 e. The van der Waals surface area contributed by atoms with Crippen LogP contribution in [0.15, 0.2) is 18.3 Å². The summed E-state index contributed by atoms with van der Waals surface area (Å²) in [6.07, 6.45) is -0.320. The normalized spacial score (nSPS) is 15.3. The summed E-state index contributed by atoms with van der Waals surface area (Å²) in [4.78, 5) is 3.95. The highest BCUT2D eigenvalue weighted by atomic mass is 19.4. The van der Waals surface area contributed by atoms with Crippen LogP contribution in [0.2, 0.25) is 0 Å². The fourth-order valence-electron chi connectivity index (χ4n) is 2.18. The van der Waals surface area contributed by atoms with E-state index in [1.165, 1.54) is 6.07 Å². The van der Waals surface area contributed by atoms with E-state index >= 15 is 0 Å². The molecule has 0 spiro atoms. The van der Waals surface area contributed by atoms with Crippen LogP contribution in [0.25, 0.3) is 0 Å². The van der Waals surface area contributed by atoms with Gasteiger partial charge >= 0.3 is 6.18 Å². The Morgan fingerprint density at radius 3 is 2.42 bits per heavy atom. The first-order valence-electron chi connectivity index (χ1n) is 6.58. The zero-order chi connectivity index (χ0) is 14.5. The second-order valence-corrected chi connectivity index (χ2v) is 4.94. The van der Waals surface area contributed by atoms with E-state index in [4.69, 9.17) is 0 Å². The van der Waals surface area contributed by atoms with Crippen molar-refractivity contribution < 1.29 is 13.2 Å². The lowest BCUT2D eigenvalue weighted by molar-refractivity contribution is -0.137. The third-order valence-electron chi connectivity index (χ3n) is 3.24. The van der Waals surface area contributed by atoms with E-state index in [-0.39, 0.29) is 6.04 Å². The van der Waals surface area contributed by atoms with Gasteiger partial charge in [0.05, 0.1) is 11.3 Å². The monoisotopic (exact) mass is 274 g/mol. The van der Waals surface area contributed by atoms with Gasteiger partial charge in [-0.05, 0) is 31.5 Å². The number of hydrogen-bond donors (Lipinski definition) is 1. The molecule has 0 fully saturated rings. The summed E-state index contributed by atoms with van der Waals surface area (Å²) in [7, 11) is 1.81. The van der Waals surface area contributed by atoms with E-state index in [0.717, 1.165) is 31.5 Å². The average molecular weight is 274 g/mol. The molecule has 2 unspecified atom stereocenters. The van der Waals surface area contributed by atoms with Crippen molar-refractivity contribution in [1.29, 1.82) is 0 Å². The minimum atomic E-state index is -4.32. The maximum atomic E-state index is 12.5. The number of hydrogen-bond acceptors (Lipinski definition) is 2. The molecule has 0 saturated carbocycles. The molecule has 1 aromatic heterocycles. The van der Waals surface area contributed by atoms with Gasteiger partial charge in [-0.2, -0.15) is 13.2 Å². The Morgan fingerprint density at radius 2 is 2.00 bits per heavy atom. The number of nitrogens with zero attached hydrogens (tertiary/aromatic N) is 1. The first-order chi connectivity index (χ1) is 8.88. The summed E-state index contributed by atoms with van der Waals surface area (Å²) in [5.74, 6) is 0.520. The van der Waals surface area contributed by atoms with Crippen LogP contribution in [-0.2, 0) is 6.18 Å². The predicted octanol–water partition coefficient (Wildman–Crippen LogP) is 4.19. The summed E-state index contributed by atoms with van der Waals surface area (Å²) >= 11 is 0. The van der Waals surface area contributed by atoms with Crippen LogP contribution in [0.5, 0.6) is 0 Å². The molecule has 19 heavy (non-hydrogen) atoms. The molecule has 1 aromatic rings. The second-order valence-electron chi connectivity index (χ2n) is 4.94. The molecule has 2 nitrogen and oxygen atoms in total. The average Bonchev–Trinajstić information content (AvgIpc) is 2.35. The SMILES string of the molecule is CCCC(C)CC(NC)c1ccc(C(F)(F)F)cn1. The van der Waals surface area contributed by atoms with E-state index in [0.29, 0.717) is 11.6 Å². The Balaban J connectivity index is 2.77. The van der Waals surface area contributed by atoms with Crippen LogP contribution < -0.4 is 5.32 Å². The highest BCUT2D eigenvalue weighted by molar-refractivity contribution is 5.19. The summed E-state index contributed by atoms with van der Waals surface area (Å²) in [5.41, 5.74) is -0.0360. The molecule has 1 heterocycles. The van der Waals surface area contributed by atoms with Crippen LogP contribution >= 0.6 is 0 Å². The van der Waals surface area contributed by atoms with Gasteiger partial charge < -0.3 is 5.32 Å². The number of nitrogens with one attached hydrogen (secondary N) is 1. The third-order valence-corrected chi connectivity index (χ3v) is 3.24. The highest BCUT2D eigenvalue weighted by Gasteiger charge is 2.31. The zero-order valence-electron chi connectivity index (χ0n) is 11.6. The summed E-state index contributed by atoms with van der Waals surface area (Å²) in [5, 5.41) is 3.12. The van der Waals surface area contributed by atoms with Crippen molar-refractivity contribution in [2.45, 2.75) is 45.3 Å².